The average Bonchev–Trinajstić information content (AvgIpc) is 2.35. The maximum Gasteiger partial charge on any atom is 0.255 e. The fraction of sp³-hybridized carbons (Fsp3) is 0.833. The Bertz CT molecular complexity index is 294. The number of amides is 2. The second kappa shape index (κ2) is 7.33. The third-order valence-corrected chi connectivity index (χ3v) is 3.24. The summed E-state index contributed by atoms with van der Waals surface area (Å²) in [7, 11) is 1.70. The Kier molecular flexibility index (Phi) is 6.07. The van der Waals surface area contributed by atoms with Crippen LogP contribution < -0.4 is 10.9 Å². The largest absolute Gasteiger partial charge is 0.384 e. The minimum atomic E-state index is -0.272. The molecule has 2 atom stereocenters. The monoisotopic (exact) mass is 257 g/mol. The summed E-state index contributed by atoms with van der Waals surface area (Å²) in [5, 5.41) is 0. The van der Waals surface area contributed by atoms with E-state index in [1.807, 2.05) is 6.92 Å². The van der Waals surface area contributed by atoms with Gasteiger partial charge in [-0.2, -0.15) is 0 Å². The van der Waals surface area contributed by atoms with E-state index < -0.39 is 0 Å². The standard InChI is InChI=1S/C12H23N3O3/c1-9(12(17)14-13-10(2)16)15-6-4-5-11(7-15)8-18-3/h9,11H,4-8H2,1-3H3,(H,13,16)(H,14,17)/t9-,11-/m1/s1. The van der Waals surface area contributed by atoms with Crippen molar-refractivity contribution in [2.75, 3.05) is 26.8 Å². The molecule has 0 spiro atoms. The van der Waals surface area contributed by atoms with Crippen LogP contribution in [0.1, 0.15) is 26.7 Å². The summed E-state index contributed by atoms with van der Waals surface area (Å²) in [6, 6.07) is -0.239. The third-order valence-electron chi connectivity index (χ3n) is 3.24. The van der Waals surface area contributed by atoms with Crippen molar-refractivity contribution >= 4 is 11.8 Å². The molecule has 1 saturated heterocycles. The Morgan fingerprint density at radius 3 is 2.78 bits per heavy atom. The van der Waals surface area contributed by atoms with Gasteiger partial charge in [0.05, 0.1) is 12.6 Å². The van der Waals surface area contributed by atoms with E-state index in [1.165, 1.54) is 6.92 Å². The van der Waals surface area contributed by atoms with Gasteiger partial charge < -0.3 is 4.74 Å². The molecule has 1 aliphatic heterocycles. The SMILES string of the molecule is COC[C@@H]1CCCN([C@H](C)C(=O)NNC(C)=O)C1. The van der Waals surface area contributed by atoms with Crippen molar-refractivity contribution in [2.45, 2.75) is 32.7 Å². The van der Waals surface area contributed by atoms with E-state index in [0.29, 0.717) is 5.92 Å². The average molecular weight is 257 g/mol. The van der Waals surface area contributed by atoms with Crippen molar-refractivity contribution in [3.63, 3.8) is 0 Å². The van der Waals surface area contributed by atoms with E-state index in [0.717, 1.165) is 32.5 Å². The molecule has 6 nitrogen and oxygen atoms in total. The molecule has 0 unspecified atom stereocenters. The molecule has 18 heavy (non-hydrogen) atoms. The lowest BCUT2D eigenvalue weighted by Crippen LogP contribution is -2.53. The van der Waals surface area contributed by atoms with Crippen molar-refractivity contribution < 1.29 is 14.3 Å². The lowest BCUT2D eigenvalue weighted by atomic mass is 9.97. The zero-order chi connectivity index (χ0) is 13.5. The zero-order valence-electron chi connectivity index (χ0n) is 11.4. The van der Waals surface area contributed by atoms with Crippen molar-refractivity contribution in [3.8, 4) is 0 Å². The fourth-order valence-electron chi connectivity index (χ4n) is 2.24. The van der Waals surface area contributed by atoms with Gasteiger partial charge >= 0.3 is 0 Å². The number of nitrogens with zero attached hydrogens (tertiary/aromatic N) is 1. The van der Waals surface area contributed by atoms with E-state index in [-0.39, 0.29) is 17.9 Å². The van der Waals surface area contributed by atoms with Crippen LogP contribution in [0.15, 0.2) is 0 Å². The predicted octanol–water partition coefficient (Wildman–Crippen LogP) is -0.0994. The van der Waals surface area contributed by atoms with Gasteiger partial charge in [0.25, 0.3) is 5.91 Å². The molecule has 1 aliphatic rings. The Morgan fingerprint density at radius 2 is 2.17 bits per heavy atom. The van der Waals surface area contributed by atoms with E-state index >= 15 is 0 Å². The maximum atomic E-state index is 11.8. The quantitative estimate of drug-likeness (QED) is 0.690. The van der Waals surface area contributed by atoms with Gasteiger partial charge in [0.2, 0.25) is 5.91 Å². The molecule has 0 aliphatic carbocycles. The topological polar surface area (TPSA) is 70.7 Å². The summed E-state index contributed by atoms with van der Waals surface area (Å²) in [6.45, 7) is 5.72. The minimum Gasteiger partial charge on any atom is -0.384 e. The van der Waals surface area contributed by atoms with Gasteiger partial charge in [-0.3, -0.25) is 25.3 Å². The summed E-state index contributed by atoms with van der Waals surface area (Å²) < 4.78 is 5.16. The first kappa shape index (κ1) is 14.9. The smallest absolute Gasteiger partial charge is 0.255 e. The van der Waals surface area contributed by atoms with Crippen LogP contribution >= 0.6 is 0 Å². The van der Waals surface area contributed by atoms with Gasteiger partial charge in [-0.15, -0.1) is 0 Å². The van der Waals surface area contributed by atoms with Crippen molar-refractivity contribution in [2.24, 2.45) is 5.92 Å². The number of methoxy groups -OCH3 is 1. The first-order chi connectivity index (χ1) is 8.54. The first-order valence-electron chi connectivity index (χ1n) is 6.34. The van der Waals surface area contributed by atoms with Crippen LogP contribution in [0.3, 0.4) is 0 Å². The number of carbonyl (C=O) groups is 2. The second-order valence-electron chi connectivity index (χ2n) is 4.80. The molecule has 0 radical (unpaired) electrons. The van der Waals surface area contributed by atoms with Gasteiger partial charge in [0.1, 0.15) is 0 Å². The molecule has 0 bridgehead atoms. The maximum absolute atomic E-state index is 11.8. The summed E-state index contributed by atoms with van der Waals surface area (Å²) in [5.41, 5.74) is 4.73. The third kappa shape index (κ3) is 4.62. The highest BCUT2D eigenvalue weighted by molar-refractivity contribution is 5.84. The number of nitrogens with one attached hydrogen (secondary N) is 2. The van der Waals surface area contributed by atoms with Crippen LogP contribution in [-0.2, 0) is 14.3 Å². The summed E-state index contributed by atoms with van der Waals surface area (Å²) in [5.74, 6) is 0.0366. The highest BCUT2D eigenvalue weighted by atomic mass is 16.5. The van der Waals surface area contributed by atoms with Crippen LogP contribution in [0.25, 0.3) is 0 Å². The van der Waals surface area contributed by atoms with Crippen molar-refractivity contribution in [3.05, 3.63) is 0 Å². The summed E-state index contributed by atoms with van der Waals surface area (Å²) in [6.07, 6.45) is 2.22. The van der Waals surface area contributed by atoms with E-state index in [9.17, 15) is 9.59 Å². The zero-order valence-corrected chi connectivity index (χ0v) is 11.4. The number of likely N-dealkylation sites (tertiary alicyclic amines) is 1. The summed E-state index contributed by atoms with van der Waals surface area (Å²) in [4.78, 5) is 24.7. The van der Waals surface area contributed by atoms with Crippen molar-refractivity contribution in [1.29, 1.82) is 0 Å². The van der Waals surface area contributed by atoms with Gasteiger partial charge in [0.15, 0.2) is 0 Å². The number of rotatable bonds is 4. The second-order valence-corrected chi connectivity index (χ2v) is 4.80. The van der Waals surface area contributed by atoms with Gasteiger partial charge in [-0.25, -0.2) is 0 Å². The molecule has 104 valence electrons. The molecule has 0 aromatic carbocycles. The van der Waals surface area contributed by atoms with Crippen LogP contribution in [0.2, 0.25) is 0 Å². The molecule has 0 saturated carbocycles. The Morgan fingerprint density at radius 1 is 1.44 bits per heavy atom. The molecule has 2 N–H and O–H groups in total. The molecule has 0 aromatic heterocycles. The van der Waals surface area contributed by atoms with Crippen molar-refractivity contribution in [1.82, 2.24) is 15.8 Å². The highest BCUT2D eigenvalue weighted by Crippen LogP contribution is 2.18. The molecular weight excluding hydrogens is 234 g/mol. The Hall–Kier alpha value is -1.14. The van der Waals surface area contributed by atoms with Gasteiger partial charge in [-0.1, -0.05) is 0 Å². The molecule has 2 amide bonds. The number of piperidine rings is 1. The highest BCUT2D eigenvalue weighted by Gasteiger charge is 2.27. The normalized spacial score (nSPS) is 22.3. The Labute approximate surface area is 108 Å². The number of hydrogen-bond acceptors (Lipinski definition) is 4. The molecule has 1 heterocycles. The molecule has 1 fully saturated rings. The van der Waals surface area contributed by atoms with E-state index in [1.54, 1.807) is 7.11 Å². The Balaban J connectivity index is 2.42. The van der Waals surface area contributed by atoms with E-state index in [2.05, 4.69) is 15.8 Å². The number of hydrogen-bond donors (Lipinski definition) is 2. The number of carbonyl (C=O) groups excluding carboxylic acids is 2. The van der Waals surface area contributed by atoms with E-state index in [4.69, 9.17) is 4.74 Å². The fourth-order valence-corrected chi connectivity index (χ4v) is 2.24. The van der Waals surface area contributed by atoms with Gasteiger partial charge in [0, 0.05) is 20.6 Å². The minimum absolute atomic E-state index is 0.178. The van der Waals surface area contributed by atoms with Crippen LogP contribution in [-0.4, -0.2) is 49.6 Å². The lowest BCUT2D eigenvalue weighted by Gasteiger charge is -2.35. The summed E-state index contributed by atoms with van der Waals surface area (Å²) >= 11 is 0. The van der Waals surface area contributed by atoms with Crippen LogP contribution in [0.5, 0.6) is 0 Å². The van der Waals surface area contributed by atoms with Crippen LogP contribution in [0.4, 0.5) is 0 Å². The number of hydrazine groups is 1. The number of ether oxygens (including phenoxy) is 1. The predicted molar refractivity (Wildman–Crippen MR) is 67.6 cm³/mol. The van der Waals surface area contributed by atoms with Gasteiger partial charge in [-0.05, 0) is 32.2 Å². The molecular formula is C12H23N3O3. The molecule has 6 heteroatoms. The molecule has 1 rings (SSSR count). The molecule has 0 aromatic rings. The lowest BCUT2D eigenvalue weighted by molar-refractivity contribution is -0.131. The van der Waals surface area contributed by atoms with Crippen LogP contribution in [0, 0.1) is 5.92 Å². The first-order valence-corrected chi connectivity index (χ1v) is 6.34.